The lowest BCUT2D eigenvalue weighted by atomic mass is 9.92. The SMILES string of the molecule is CCc1nnc(NC(=O)CN2CC(C)CC(C)C2)s1. The molecule has 1 aromatic rings. The Hall–Kier alpha value is -1.01. The summed E-state index contributed by atoms with van der Waals surface area (Å²) in [6.07, 6.45) is 2.11. The Morgan fingerprint density at radius 3 is 2.63 bits per heavy atom. The first-order chi connectivity index (χ1) is 9.06. The van der Waals surface area contributed by atoms with Crippen molar-refractivity contribution >= 4 is 22.4 Å². The molecule has 106 valence electrons. The normalized spacial score (nSPS) is 24.4. The van der Waals surface area contributed by atoms with E-state index in [1.807, 2.05) is 6.92 Å². The zero-order valence-electron chi connectivity index (χ0n) is 11.8. The molecule has 0 aromatic carbocycles. The van der Waals surface area contributed by atoms with Gasteiger partial charge in [0.25, 0.3) is 0 Å². The molecule has 1 saturated heterocycles. The molecule has 6 heteroatoms. The molecule has 19 heavy (non-hydrogen) atoms. The van der Waals surface area contributed by atoms with E-state index in [4.69, 9.17) is 0 Å². The summed E-state index contributed by atoms with van der Waals surface area (Å²) in [5.74, 6) is 1.36. The van der Waals surface area contributed by atoms with Crippen LogP contribution in [-0.4, -0.2) is 40.6 Å². The maximum Gasteiger partial charge on any atom is 0.240 e. The lowest BCUT2D eigenvalue weighted by molar-refractivity contribution is -0.117. The average molecular weight is 282 g/mol. The van der Waals surface area contributed by atoms with Crippen LogP contribution in [0.25, 0.3) is 0 Å². The van der Waals surface area contributed by atoms with Crippen LogP contribution in [0.15, 0.2) is 0 Å². The second-order valence-electron chi connectivity index (χ2n) is 5.54. The van der Waals surface area contributed by atoms with Gasteiger partial charge in [-0.3, -0.25) is 15.0 Å². The number of carbonyl (C=O) groups excluding carboxylic acids is 1. The van der Waals surface area contributed by atoms with E-state index in [2.05, 4.69) is 34.3 Å². The molecule has 2 heterocycles. The number of amides is 1. The molecule has 5 nitrogen and oxygen atoms in total. The Labute approximate surface area is 118 Å². The summed E-state index contributed by atoms with van der Waals surface area (Å²) in [7, 11) is 0. The standard InChI is InChI=1S/C13H22N4OS/c1-4-12-15-16-13(19-12)14-11(18)8-17-6-9(2)5-10(3)7-17/h9-10H,4-8H2,1-3H3,(H,14,16,18). The second-order valence-corrected chi connectivity index (χ2v) is 6.60. The smallest absolute Gasteiger partial charge is 0.240 e. The van der Waals surface area contributed by atoms with Crippen LogP contribution in [0.5, 0.6) is 0 Å². The molecule has 1 N–H and O–H groups in total. The van der Waals surface area contributed by atoms with E-state index in [1.54, 1.807) is 0 Å². The van der Waals surface area contributed by atoms with Crippen molar-refractivity contribution in [3.05, 3.63) is 5.01 Å². The molecule has 0 spiro atoms. The number of hydrogen-bond donors (Lipinski definition) is 1. The van der Waals surface area contributed by atoms with Gasteiger partial charge in [-0.2, -0.15) is 0 Å². The van der Waals surface area contributed by atoms with Gasteiger partial charge in [0.1, 0.15) is 5.01 Å². The number of hydrogen-bond acceptors (Lipinski definition) is 5. The van der Waals surface area contributed by atoms with Crippen molar-refractivity contribution in [1.82, 2.24) is 15.1 Å². The zero-order valence-corrected chi connectivity index (χ0v) is 12.7. The van der Waals surface area contributed by atoms with Crippen LogP contribution in [0.1, 0.15) is 32.2 Å². The summed E-state index contributed by atoms with van der Waals surface area (Å²) in [4.78, 5) is 14.2. The summed E-state index contributed by atoms with van der Waals surface area (Å²) in [5.41, 5.74) is 0. The number of carbonyl (C=O) groups is 1. The number of likely N-dealkylation sites (tertiary alicyclic amines) is 1. The van der Waals surface area contributed by atoms with Gasteiger partial charge in [-0.05, 0) is 24.7 Å². The number of anilines is 1. The van der Waals surface area contributed by atoms with Gasteiger partial charge in [0.05, 0.1) is 6.54 Å². The van der Waals surface area contributed by atoms with Crippen LogP contribution >= 0.6 is 11.3 Å². The van der Waals surface area contributed by atoms with Crippen LogP contribution in [0.3, 0.4) is 0 Å². The molecule has 0 bridgehead atoms. The van der Waals surface area contributed by atoms with Gasteiger partial charge in [-0.1, -0.05) is 32.1 Å². The van der Waals surface area contributed by atoms with Crippen LogP contribution in [0.4, 0.5) is 5.13 Å². The molecule has 2 atom stereocenters. The number of nitrogens with one attached hydrogen (secondary N) is 1. The third kappa shape index (κ3) is 4.24. The molecule has 1 aliphatic heterocycles. The fourth-order valence-electron chi connectivity index (χ4n) is 2.73. The summed E-state index contributed by atoms with van der Waals surface area (Å²) in [6, 6.07) is 0. The van der Waals surface area contributed by atoms with Gasteiger partial charge < -0.3 is 0 Å². The largest absolute Gasteiger partial charge is 0.299 e. The van der Waals surface area contributed by atoms with Crippen molar-refractivity contribution < 1.29 is 4.79 Å². The van der Waals surface area contributed by atoms with Crippen molar-refractivity contribution in [2.24, 2.45) is 11.8 Å². The van der Waals surface area contributed by atoms with E-state index in [0.29, 0.717) is 23.5 Å². The summed E-state index contributed by atoms with van der Waals surface area (Å²) in [6.45, 7) is 9.00. The molecule has 0 aliphatic carbocycles. The number of aromatic nitrogens is 2. The minimum atomic E-state index is 0.0140. The Morgan fingerprint density at radius 1 is 1.37 bits per heavy atom. The topological polar surface area (TPSA) is 58.1 Å². The Kier molecular flexibility index (Phi) is 4.87. The van der Waals surface area contributed by atoms with Crippen LogP contribution < -0.4 is 5.32 Å². The molecule has 0 radical (unpaired) electrons. The number of nitrogens with zero attached hydrogens (tertiary/aromatic N) is 3. The highest BCUT2D eigenvalue weighted by molar-refractivity contribution is 7.15. The molecule has 1 aliphatic rings. The quantitative estimate of drug-likeness (QED) is 0.918. The van der Waals surface area contributed by atoms with Gasteiger partial charge in [0.15, 0.2) is 0 Å². The molecular formula is C13H22N4OS. The monoisotopic (exact) mass is 282 g/mol. The maximum atomic E-state index is 12.0. The third-order valence-corrected chi connectivity index (χ3v) is 4.31. The Bertz CT molecular complexity index is 424. The first-order valence-corrected chi connectivity index (χ1v) is 7.73. The van der Waals surface area contributed by atoms with Crippen molar-refractivity contribution in [3.8, 4) is 0 Å². The summed E-state index contributed by atoms with van der Waals surface area (Å²) >= 11 is 1.45. The summed E-state index contributed by atoms with van der Waals surface area (Å²) < 4.78 is 0. The molecule has 1 fully saturated rings. The molecule has 2 rings (SSSR count). The number of piperidine rings is 1. The lowest BCUT2D eigenvalue weighted by Crippen LogP contribution is -2.42. The molecule has 2 unspecified atom stereocenters. The van der Waals surface area contributed by atoms with Gasteiger partial charge in [0.2, 0.25) is 11.0 Å². The maximum absolute atomic E-state index is 12.0. The molecular weight excluding hydrogens is 260 g/mol. The van der Waals surface area contributed by atoms with Crippen molar-refractivity contribution in [3.63, 3.8) is 0 Å². The van der Waals surface area contributed by atoms with Gasteiger partial charge in [-0.15, -0.1) is 10.2 Å². The molecule has 0 saturated carbocycles. The number of aryl methyl sites for hydroxylation is 1. The van der Waals surface area contributed by atoms with Crippen LogP contribution in [0, 0.1) is 11.8 Å². The minimum Gasteiger partial charge on any atom is -0.299 e. The molecule has 1 amide bonds. The first-order valence-electron chi connectivity index (χ1n) is 6.91. The van der Waals surface area contributed by atoms with Crippen molar-refractivity contribution in [1.29, 1.82) is 0 Å². The number of rotatable bonds is 4. The average Bonchev–Trinajstić information content (AvgIpc) is 2.74. The third-order valence-electron chi connectivity index (χ3n) is 3.33. The van der Waals surface area contributed by atoms with Crippen LogP contribution in [-0.2, 0) is 11.2 Å². The fourth-order valence-corrected chi connectivity index (χ4v) is 3.43. The minimum absolute atomic E-state index is 0.0140. The van der Waals surface area contributed by atoms with Crippen molar-refractivity contribution in [2.45, 2.75) is 33.6 Å². The van der Waals surface area contributed by atoms with E-state index in [0.717, 1.165) is 24.5 Å². The highest BCUT2D eigenvalue weighted by Gasteiger charge is 2.23. The van der Waals surface area contributed by atoms with E-state index in [-0.39, 0.29) is 5.91 Å². The van der Waals surface area contributed by atoms with E-state index >= 15 is 0 Å². The van der Waals surface area contributed by atoms with E-state index in [9.17, 15) is 4.79 Å². The zero-order chi connectivity index (χ0) is 13.8. The van der Waals surface area contributed by atoms with Gasteiger partial charge in [-0.25, -0.2) is 0 Å². The highest BCUT2D eigenvalue weighted by atomic mass is 32.1. The first kappa shape index (κ1) is 14.4. The Morgan fingerprint density at radius 2 is 2.05 bits per heavy atom. The predicted molar refractivity (Wildman–Crippen MR) is 77.3 cm³/mol. The van der Waals surface area contributed by atoms with E-state index in [1.165, 1.54) is 17.8 Å². The molecule has 1 aromatic heterocycles. The predicted octanol–water partition coefficient (Wildman–Crippen LogP) is 2.02. The van der Waals surface area contributed by atoms with Crippen molar-refractivity contribution in [2.75, 3.05) is 25.0 Å². The highest BCUT2D eigenvalue weighted by Crippen LogP contribution is 2.21. The van der Waals surface area contributed by atoms with Gasteiger partial charge >= 0.3 is 0 Å². The fraction of sp³-hybridized carbons (Fsp3) is 0.769. The van der Waals surface area contributed by atoms with E-state index < -0.39 is 0 Å². The van der Waals surface area contributed by atoms with Crippen LogP contribution in [0.2, 0.25) is 0 Å². The second kappa shape index (κ2) is 6.43. The summed E-state index contributed by atoms with van der Waals surface area (Å²) in [5, 5.41) is 12.4. The lowest BCUT2D eigenvalue weighted by Gasteiger charge is -2.34. The Balaban J connectivity index is 1.83. The van der Waals surface area contributed by atoms with Gasteiger partial charge in [0, 0.05) is 13.1 Å².